The Bertz CT molecular complexity index is 723. The number of rotatable bonds is 8. The molecule has 0 spiro atoms. The Kier molecular flexibility index (Phi) is 8.08. The first-order valence-electron chi connectivity index (χ1n) is 8.38. The van der Waals surface area contributed by atoms with Crippen molar-refractivity contribution >= 4 is 16.8 Å². The van der Waals surface area contributed by atoms with Gasteiger partial charge in [0, 0.05) is 24.2 Å². The zero-order valence-electron chi connectivity index (χ0n) is 14.9. The van der Waals surface area contributed by atoms with Gasteiger partial charge in [-0.15, -0.1) is 0 Å². The first-order chi connectivity index (χ1) is 12.6. The predicted octanol–water partition coefficient (Wildman–Crippen LogP) is 2.57. The minimum Gasteiger partial charge on any atom is -0.489 e. The number of benzene rings is 2. The van der Waals surface area contributed by atoms with Gasteiger partial charge >= 0.3 is 0 Å². The third kappa shape index (κ3) is 6.84. The SMILES string of the molecule is CN=C(NCCS(=O)c1ccccc1)NCC(C)Oc1ccc(F)cc1. The number of hydrogen-bond donors (Lipinski definition) is 2. The molecule has 0 amide bonds. The smallest absolute Gasteiger partial charge is 0.191 e. The van der Waals surface area contributed by atoms with Gasteiger partial charge in [-0.3, -0.25) is 9.20 Å². The number of nitrogens with one attached hydrogen (secondary N) is 2. The van der Waals surface area contributed by atoms with Crippen LogP contribution in [0.2, 0.25) is 0 Å². The van der Waals surface area contributed by atoms with Crippen molar-refractivity contribution in [3.8, 4) is 5.75 Å². The van der Waals surface area contributed by atoms with Gasteiger partial charge in [0.05, 0.1) is 17.3 Å². The zero-order chi connectivity index (χ0) is 18.8. The molecule has 2 atom stereocenters. The molecule has 0 aliphatic heterocycles. The second-order valence-electron chi connectivity index (χ2n) is 5.62. The lowest BCUT2D eigenvalue weighted by Crippen LogP contribution is -2.42. The van der Waals surface area contributed by atoms with Gasteiger partial charge in [-0.25, -0.2) is 4.39 Å². The van der Waals surface area contributed by atoms with Crippen LogP contribution in [-0.4, -0.2) is 42.2 Å². The van der Waals surface area contributed by atoms with Crippen LogP contribution in [0.5, 0.6) is 5.75 Å². The van der Waals surface area contributed by atoms with Gasteiger partial charge in [0.15, 0.2) is 5.96 Å². The fourth-order valence-electron chi connectivity index (χ4n) is 2.20. The summed E-state index contributed by atoms with van der Waals surface area (Å²) in [5.41, 5.74) is 0. The molecule has 0 aliphatic rings. The fourth-order valence-corrected chi connectivity index (χ4v) is 3.18. The fraction of sp³-hybridized carbons (Fsp3) is 0.316. The van der Waals surface area contributed by atoms with E-state index in [1.54, 1.807) is 19.2 Å². The van der Waals surface area contributed by atoms with E-state index in [4.69, 9.17) is 4.74 Å². The maximum absolute atomic E-state index is 12.9. The molecule has 0 aromatic heterocycles. The van der Waals surface area contributed by atoms with Crippen molar-refractivity contribution in [2.75, 3.05) is 25.9 Å². The van der Waals surface area contributed by atoms with E-state index in [9.17, 15) is 8.60 Å². The van der Waals surface area contributed by atoms with E-state index in [0.717, 1.165) is 4.90 Å². The molecule has 140 valence electrons. The molecule has 2 rings (SSSR count). The summed E-state index contributed by atoms with van der Waals surface area (Å²) in [5, 5.41) is 6.29. The number of hydrogen-bond acceptors (Lipinski definition) is 3. The molecule has 5 nitrogen and oxygen atoms in total. The Morgan fingerprint density at radius 2 is 1.85 bits per heavy atom. The summed E-state index contributed by atoms with van der Waals surface area (Å²) in [5.74, 6) is 1.43. The Labute approximate surface area is 156 Å². The van der Waals surface area contributed by atoms with Gasteiger partial charge in [0.1, 0.15) is 17.7 Å². The van der Waals surface area contributed by atoms with Gasteiger partial charge in [0.2, 0.25) is 0 Å². The Morgan fingerprint density at radius 1 is 1.15 bits per heavy atom. The van der Waals surface area contributed by atoms with Gasteiger partial charge in [-0.1, -0.05) is 18.2 Å². The average molecular weight is 377 g/mol. The summed E-state index contributed by atoms with van der Waals surface area (Å²) in [6.45, 7) is 2.97. The van der Waals surface area contributed by atoms with E-state index in [0.29, 0.717) is 30.6 Å². The molecular weight excluding hydrogens is 353 g/mol. The van der Waals surface area contributed by atoms with Crippen LogP contribution in [0.4, 0.5) is 4.39 Å². The van der Waals surface area contributed by atoms with E-state index >= 15 is 0 Å². The molecule has 0 saturated heterocycles. The molecule has 0 heterocycles. The quantitative estimate of drug-likeness (QED) is 0.548. The Balaban J connectivity index is 1.70. The summed E-state index contributed by atoms with van der Waals surface area (Å²) in [6.07, 6.45) is -0.127. The molecule has 2 unspecified atom stereocenters. The predicted molar refractivity (Wildman–Crippen MR) is 104 cm³/mol. The van der Waals surface area contributed by atoms with E-state index in [1.807, 2.05) is 37.3 Å². The molecule has 0 fully saturated rings. The highest BCUT2D eigenvalue weighted by atomic mass is 32.2. The molecule has 2 aromatic carbocycles. The molecule has 2 N–H and O–H groups in total. The van der Waals surface area contributed by atoms with Crippen LogP contribution in [0.15, 0.2) is 64.5 Å². The van der Waals surface area contributed by atoms with E-state index in [-0.39, 0.29) is 11.9 Å². The van der Waals surface area contributed by atoms with E-state index < -0.39 is 10.8 Å². The highest BCUT2D eigenvalue weighted by Gasteiger charge is 2.07. The Hall–Kier alpha value is -2.41. The van der Waals surface area contributed by atoms with Crippen molar-refractivity contribution in [2.24, 2.45) is 4.99 Å². The molecule has 7 heteroatoms. The van der Waals surface area contributed by atoms with Crippen LogP contribution in [-0.2, 0) is 10.8 Å². The summed E-state index contributed by atoms with van der Waals surface area (Å²) in [4.78, 5) is 4.96. The topological polar surface area (TPSA) is 62.7 Å². The van der Waals surface area contributed by atoms with Crippen molar-refractivity contribution in [3.63, 3.8) is 0 Å². The largest absolute Gasteiger partial charge is 0.489 e. The van der Waals surface area contributed by atoms with Crippen molar-refractivity contribution in [2.45, 2.75) is 17.9 Å². The molecule has 0 radical (unpaired) electrons. The number of aliphatic imine (C=N–C) groups is 1. The Morgan fingerprint density at radius 3 is 2.50 bits per heavy atom. The first kappa shape index (κ1) is 19.9. The minimum atomic E-state index is -1.04. The van der Waals surface area contributed by atoms with Gasteiger partial charge in [-0.2, -0.15) is 0 Å². The van der Waals surface area contributed by atoms with Gasteiger partial charge in [-0.05, 0) is 43.3 Å². The van der Waals surface area contributed by atoms with E-state index in [1.165, 1.54) is 12.1 Å². The second-order valence-corrected chi connectivity index (χ2v) is 7.20. The van der Waals surface area contributed by atoms with Crippen LogP contribution in [0.25, 0.3) is 0 Å². The molecule has 0 saturated carbocycles. The standard InChI is InChI=1S/C19H24FN3O2S/c1-15(25-17-10-8-16(20)9-11-17)14-23-19(21-2)22-12-13-26(24)18-6-4-3-5-7-18/h3-11,15H,12-14H2,1-2H3,(H2,21,22,23). The third-order valence-corrected chi connectivity index (χ3v) is 4.89. The summed E-state index contributed by atoms with van der Waals surface area (Å²) >= 11 is 0. The average Bonchev–Trinajstić information content (AvgIpc) is 2.67. The van der Waals surface area contributed by atoms with E-state index in [2.05, 4.69) is 15.6 Å². The molecule has 26 heavy (non-hydrogen) atoms. The number of guanidine groups is 1. The first-order valence-corrected chi connectivity index (χ1v) is 9.70. The molecule has 0 aliphatic carbocycles. The lowest BCUT2D eigenvalue weighted by atomic mass is 10.3. The number of nitrogens with zero attached hydrogens (tertiary/aromatic N) is 1. The van der Waals surface area contributed by atoms with Crippen LogP contribution < -0.4 is 15.4 Å². The third-order valence-electron chi connectivity index (χ3n) is 3.52. The highest BCUT2D eigenvalue weighted by Crippen LogP contribution is 2.12. The number of ether oxygens (including phenoxy) is 1. The molecule has 0 bridgehead atoms. The zero-order valence-corrected chi connectivity index (χ0v) is 15.8. The van der Waals surface area contributed by atoms with Crippen LogP contribution in [0.1, 0.15) is 6.92 Å². The minimum absolute atomic E-state index is 0.127. The second kappa shape index (κ2) is 10.6. The van der Waals surface area contributed by atoms with Crippen molar-refractivity contribution < 1.29 is 13.3 Å². The molecule has 2 aromatic rings. The highest BCUT2D eigenvalue weighted by molar-refractivity contribution is 7.85. The summed E-state index contributed by atoms with van der Waals surface area (Å²) in [7, 11) is 0.632. The van der Waals surface area contributed by atoms with Crippen molar-refractivity contribution in [1.29, 1.82) is 0 Å². The lowest BCUT2D eigenvalue weighted by Gasteiger charge is -2.17. The van der Waals surface area contributed by atoms with Crippen molar-refractivity contribution in [1.82, 2.24) is 10.6 Å². The normalized spacial score (nSPS) is 13.7. The van der Waals surface area contributed by atoms with Crippen LogP contribution in [0, 0.1) is 5.82 Å². The lowest BCUT2D eigenvalue weighted by molar-refractivity contribution is 0.223. The summed E-state index contributed by atoms with van der Waals surface area (Å²) < 4.78 is 30.8. The maximum atomic E-state index is 12.9. The number of halogens is 1. The van der Waals surface area contributed by atoms with Crippen molar-refractivity contribution in [3.05, 3.63) is 60.4 Å². The van der Waals surface area contributed by atoms with Gasteiger partial charge < -0.3 is 15.4 Å². The van der Waals surface area contributed by atoms with Crippen LogP contribution in [0.3, 0.4) is 0 Å². The maximum Gasteiger partial charge on any atom is 0.191 e. The summed E-state index contributed by atoms with van der Waals surface area (Å²) in [6, 6.07) is 15.3. The monoisotopic (exact) mass is 377 g/mol. The van der Waals surface area contributed by atoms with Gasteiger partial charge in [0.25, 0.3) is 0 Å². The molecular formula is C19H24FN3O2S. The van der Waals surface area contributed by atoms with Crippen LogP contribution >= 0.6 is 0 Å².